The van der Waals surface area contributed by atoms with Gasteiger partial charge in [-0.1, -0.05) is 53.0 Å². The molecule has 3 aromatic rings. The van der Waals surface area contributed by atoms with Gasteiger partial charge in [-0.2, -0.15) is 5.10 Å². The van der Waals surface area contributed by atoms with Gasteiger partial charge in [-0.3, -0.25) is 4.68 Å². The maximum absolute atomic E-state index is 6.20. The monoisotopic (exact) mass is 488 g/mol. The highest BCUT2D eigenvalue weighted by atomic mass is 79.9. The first-order valence-corrected chi connectivity index (χ1v) is 9.75. The van der Waals surface area contributed by atoms with Gasteiger partial charge in [0, 0.05) is 16.2 Å². The summed E-state index contributed by atoms with van der Waals surface area (Å²) in [7, 11) is 0. The first-order valence-electron chi connectivity index (χ1n) is 7.42. The Kier molecular flexibility index (Phi) is 6.42. The molecule has 2 N–H and O–H groups in total. The lowest BCUT2D eigenvalue weighted by Gasteiger charge is -2.10. The molecule has 9 heteroatoms. The molecule has 1 aromatic heterocycles. The molecule has 0 spiro atoms. The molecular formula is C17H12BrCl3N4S. The molecule has 0 unspecified atom stereocenters. The third-order valence-electron chi connectivity index (χ3n) is 3.42. The van der Waals surface area contributed by atoms with E-state index in [1.807, 2.05) is 30.5 Å². The number of nitrogens with one attached hydrogen (secondary N) is 2. The first kappa shape index (κ1) is 19.5. The molecule has 0 aliphatic carbocycles. The Bertz CT molecular complexity index is 961. The highest BCUT2D eigenvalue weighted by Gasteiger charge is 2.11. The third kappa shape index (κ3) is 4.90. The van der Waals surface area contributed by atoms with Crippen molar-refractivity contribution in [3.8, 4) is 0 Å². The lowest BCUT2D eigenvalue weighted by Crippen LogP contribution is -2.20. The Balaban J connectivity index is 1.69. The molecule has 2 aromatic carbocycles. The Morgan fingerprint density at radius 3 is 2.58 bits per heavy atom. The van der Waals surface area contributed by atoms with Crippen LogP contribution in [0.15, 0.2) is 53.1 Å². The van der Waals surface area contributed by atoms with E-state index in [2.05, 4.69) is 31.7 Å². The van der Waals surface area contributed by atoms with Crippen LogP contribution in [0, 0.1) is 0 Å². The number of aromatic nitrogens is 2. The highest BCUT2D eigenvalue weighted by molar-refractivity contribution is 9.10. The normalized spacial score (nSPS) is 10.6. The van der Waals surface area contributed by atoms with Gasteiger partial charge in [0.25, 0.3) is 0 Å². The van der Waals surface area contributed by atoms with E-state index in [9.17, 15) is 0 Å². The van der Waals surface area contributed by atoms with Crippen LogP contribution in [0.5, 0.6) is 0 Å². The van der Waals surface area contributed by atoms with E-state index in [0.717, 1.165) is 10.0 Å². The van der Waals surface area contributed by atoms with Crippen LogP contribution in [0.25, 0.3) is 0 Å². The van der Waals surface area contributed by atoms with E-state index >= 15 is 0 Å². The maximum atomic E-state index is 6.20. The predicted molar refractivity (Wildman–Crippen MR) is 117 cm³/mol. The van der Waals surface area contributed by atoms with Crippen LogP contribution in [0.3, 0.4) is 0 Å². The van der Waals surface area contributed by atoms with E-state index < -0.39 is 0 Å². The third-order valence-corrected chi connectivity index (χ3v) is 5.12. The molecule has 0 aliphatic heterocycles. The first-order chi connectivity index (χ1) is 12.4. The van der Waals surface area contributed by atoms with E-state index in [1.54, 1.807) is 22.9 Å². The molecular weight excluding hydrogens is 479 g/mol. The Morgan fingerprint density at radius 2 is 1.85 bits per heavy atom. The van der Waals surface area contributed by atoms with Crippen molar-refractivity contribution < 1.29 is 0 Å². The van der Waals surface area contributed by atoms with Crippen LogP contribution in [0.1, 0.15) is 5.56 Å². The zero-order valence-electron chi connectivity index (χ0n) is 13.1. The number of nitrogens with zero attached hydrogens (tertiary/aromatic N) is 2. The minimum absolute atomic E-state index is 0.359. The summed E-state index contributed by atoms with van der Waals surface area (Å²) in [5.74, 6) is 0.583. The molecule has 26 heavy (non-hydrogen) atoms. The van der Waals surface area contributed by atoms with E-state index in [4.69, 9.17) is 47.0 Å². The zero-order chi connectivity index (χ0) is 18.7. The summed E-state index contributed by atoms with van der Waals surface area (Å²) in [6.07, 6.45) is 1.85. The maximum Gasteiger partial charge on any atom is 0.176 e. The predicted octanol–water partition coefficient (Wildman–Crippen LogP) is 6.46. The van der Waals surface area contributed by atoms with Crippen molar-refractivity contribution in [3.63, 3.8) is 0 Å². The van der Waals surface area contributed by atoms with Crippen LogP contribution < -0.4 is 10.6 Å². The largest absolute Gasteiger partial charge is 0.331 e. The molecule has 0 amide bonds. The summed E-state index contributed by atoms with van der Waals surface area (Å²) in [4.78, 5) is 0. The van der Waals surface area contributed by atoms with Crippen molar-refractivity contribution in [2.24, 2.45) is 0 Å². The number of halogens is 4. The standard InChI is InChI=1S/C17H12BrCl3N4S/c18-12-9-25(8-10-3-1-2-4-13(10)20)24-16(12)23-17(26)22-15-6-5-11(19)7-14(15)21/h1-7,9H,8H2,(H2,22,23,24,26). The van der Waals surface area contributed by atoms with Crippen LogP contribution >= 0.6 is 63.0 Å². The summed E-state index contributed by atoms with van der Waals surface area (Å²) in [5, 5.41) is 12.6. The van der Waals surface area contributed by atoms with E-state index in [-0.39, 0.29) is 0 Å². The van der Waals surface area contributed by atoms with Gasteiger partial charge in [-0.05, 0) is 58.0 Å². The van der Waals surface area contributed by atoms with E-state index in [0.29, 0.717) is 38.2 Å². The highest BCUT2D eigenvalue weighted by Crippen LogP contribution is 2.26. The molecule has 0 saturated heterocycles. The van der Waals surface area contributed by atoms with Crippen LogP contribution in [0.4, 0.5) is 11.5 Å². The summed E-state index contributed by atoms with van der Waals surface area (Å²) in [6.45, 7) is 0.545. The number of hydrogen-bond donors (Lipinski definition) is 2. The lowest BCUT2D eigenvalue weighted by molar-refractivity contribution is 0.690. The number of thiocarbonyl (C=S) groups is 1. The van der Waals surface area contributed by atoms with Gasteiger partial charge in [-0.15, -0.1) is 0 Å². The molecule has 0 atom stereocenters. The number of anilines is 2. The molecule has 0 radical (unpaired) electrons. The molecule has 0 aliphatic rings. The van der Waals surface area contributed by atoms with Gasteiger partial charge < -0.3 is 10.6 Å². The fourth-order valence-electron chi connectivity index (χ4n) is 2.22. The number of benzene rings is 2. The fraction of sp³-hybridized carbons (Fsp3) is 0.0588. The Labute approximate surface area is 179 Å². The molecule has 3 rings (SSSR count). The minimum Gasteiger partial charge on any atom is -0.331 e. The summed E-state index contributed by atoms with van der Waals surface area (Å²) >= 11 is 27.0. The van der Waals surface area contributed by atoms with Crippen LogP contribution in [-0.4, -0.2) is 14.9 Å². The topological polar surface area (TPSA) is 41.9 Å². The van der Waals surface area contributed by atoms with E-state index in [1.165, 1.54) is 0 Å². The van der Waals surface area contributed by atoms with Crippen molar-refractivity contribution in [2.45, 2.75) is 6.54 Å². The lowest BCUT2D eigenvalue weighted by atomic mass is 10.2. The summed E-state index contributed by atoms with van der Waals surface area (Å²) in [6, 6.07) is 12.8. The van der Waals surface area contributed by atoms with Gasteiger partial charge in [-0.25, -0.2) is 0 Å². The second-order valence-electron chi connectivity index (χ2n) is 5.32. The van der Waals surface area contributed by atoms with Crippen molar-refractivity contribution >= 4 is 79.6 Å². The second-order valence-corrected chi connectivity index (χ2v) is 7.83. The van der Waals surface area contributed by atoms with Crippen LogP contribution in [0.2, 0.25) is 15.1 Å². The minimum atomic E-state index is 0.359. The average Bonchev–Trinajstić information content (AvgIpc) is 2.92. The number of rotatable bonds is 4. The fourth-order valence-corrected chi connectivity index (χ4v) is 3.49. The quantitative estimate of drug-likeness (QED) is 0.412. The molecule has 1 heterocycles. The molecule has 134 valence electrons. The SMILES string of the molecule is S=C(Nc1ccc(Cl)cc1Cl)Nc1nn(Cc2ccccc2Cl)cc1Br. The van der Waals surface area contributed by atoms with Gasteiger partial charge in [0.15, 0.2) is 10.9 Å². The molecule has 4 nitrogen and oxygen atoms in total. The van der Waals surface area contributed by atoms with Crippen molar-refractivity contribution in [1.29, 1.82) is 0 Å². The van der Waals surface area contributed by atoms with Gasteiger partial charge >= 0.3 is 0 Å². The number of hydrogen-bond acceptors (Lipinski definition) is 2. The Morgan fingerprint density at radius 1 is 1.08 bits per heavy atom. The average molecular weight is 491 g/mol. The van der Waals surface area contributed by atoms with Crippen LogP contribution in [-0.2, 0) is 6.54 Å². The van der Waals surface area contributed by atoms with Gasteiger partial charge in [0.05, 0.1) is 21.7 Å². The molecule has 0 saturated carbocycles. The van der Waals surface area contributed by atoms with Crippen molar-refractivity contribution in [1.82, 2.24) is 9.78 Å². The second kappa shape index (κ2) is 8.59. The molecule has 0 bridgehead atoms. The van der Waals surface area contributed by atoms with Gasteiger partial charge in [0.2, 0.25) is 0 Å². The summed E-state index contributed by atoms with van der Waals surface area (Å²) in [5.41, 5.74) is 1.63. The zero-order valence-corrected chi connectivity index (χ0v) is 17.8. The van der Waals surface area contributed by atoms with Crippen molar-refractivity contribution in [3.05, 3.63) is 73.8 Å². The molecule has 0 fully saturated rings. The summed E-state index contributed by atoms with van der Waals surface area (Å²) < 4.78 is 2.54. The smallest absolute Gasteiger partial charge is 0.176 e. The Hall–Kier alpha value is -1.31. The van der Waals surface area contributed by atoms with Gasteiger partial charge in [0.1, 0.15) is 0 Å². The van der Waals surface area contributed by atoms with Crippen molar-refractivity contribution in [2.75, 3.05) is 10.6 Å².